The van der Waals surface area contributed by atoms with E-state index in [-0.39, 0.29) is 0 Å². The van der Waals surface area contributed by atoms with E-state index in [1.165, 1.54) is 22.4 Å². The molecule has 1 nitrogen and oxygen atoms in total. The summed E-state index contributed by atoms with van der Waals surface area (Å²) in [6, 6.07) is 8.73. The molecule has 4 rings (SSSR count). The van der Waals surface area contributed by atoms with Crippen LogP contribution in [-0.4, -0.2) is 6.54 Å². The smallest absolute Gasteiger partial charge is 0.0347 e. The van der Waals surface area contributed by atoms with Gasteiger partial charge in [0.2, 0.25) is 0 Å². The lowest BCUT2D eigenvalue weighted by Crippen LogP contribution is -2.30. The number of fused-ring (bicyclic) bond motifs is 4. The zero-order chi connectivity index (χ0) is 11.9. The Bertz CT molecular complexity index is 616. The molecule has 2 unspecified atom stereocenters. The van der Waals surface area contributed by atoms with Crippen molar-refractivity contribution in [2.45, 2.75) is 5.92 Å². The van der Waals surface area contributed by atoms with Gasteiger partial charge in [0.05, 0.1) is 0 Å². The molecule has 0 amide bonds. The van der Waals surface area contributed by atoms with E-state index in [1.54, 1.807) is 0 Å². The molecule has 0 aromatic heterocycles. The fourth-order valence-electron chi connectivity index (χ4n) is 3.20. The number of benzene rings is 1. The Morgan fingerprint density at radius 1 is 1.00 bits per heavy atom. The van der Waals surface area contributed by atoms with Crippen LogP contribution in [0.1, 0.15) is 17.0 Å². The van der Waals surface area contributed by atoms with Crippen LogP contribution in [0, 0.1) is 5.92 Å². The lowest BCUT2D eigenvalue weighted by Gasteiger charge is -2.35. The quantitative estimate of drug-likeness (QED) is 0.724. The molecule has 0 fully saturated rings. The monoisotopic (exact) mass is 233 g/mol. The first kappa shape index (κ1) is 9.95. The zero-order valence-corrected chi connectivity index (χ0v) is 10.1. The molecular formula is C17H15N. The van der Waals surface area contributed by atoms with Crippen molar-refractivity contribution >= 4 is 6.08 Å². The summed E-state index contributed by atoms with van der Waals surface area (Å²) in [6.45, 7) is 0.946. The van der Waals surface area contributed by atoms with Crippen LogP contribution in [0.3, 0.4) is 0 Å². The van der Waals surface area contributed by atoms with Crippen LogP contribution in [-0.2, 0) is 0 Å². The third-order valence-electron chi connectivity index (χ3n) is 4.04. The molecule has 3 aliphatic rings. The highest BCUT2D eigenvalue weighted by Gasteiger charge is 2.31. The van der Waals surface area contributed by atoms with E-state index in [0.29, 0.717) is 11.8 Å². The van der Waals surface area contributed by atoms with Crippen LogP contribution in [0.5, 0.6) is 0 Å². The van der Waals surface area contributed by atoms with Crippen molar-refractivity contribution in [3.05, 3.63) is 77.0 Å². The van der Waals surface area contributed by atoms with Gasteiger partial charge in [0, 0.05) is 24.1 Å². The molecule has 2 atom stereocenters. The summed E-state index contributed by atoms with van der Waals surface area (Å²) in [5.74, 6) is 0.966. The van der Waals surface area contributed by atoms with Crippen molar-refractivity contribution in [3.63, 3.8) is 0 Å². The molecule has 0 radical (unpaired) electrons. The normalized spacial score (nSPS) is 27.3. The minimum absolute atomic E-state index is 0.469. The Labute approximate surface area is 107 Å². The van der Waals surface area contributed by atoms with Crippen LogP contribution < -0.4 is 5.32 Å². The van der Waals surface area contributed by atoms with Gasteiger partial charge in [-0.15, -0.1) is 0 Å². The van der Waals surface area contributed by atoms with Crippen molar-refractivity contribution < 1.29 is 0 Å². The Kier molecular flexibility index (Phi) is 2.07. The van der Waals surface area contributed by atoms with Gasteiger partial charge in [-0.2, -0.15) is 0 Å². The van der Waals surface area contributed by atoms with Crippen molar-refractivity contribution in [2.24, 2.45) is 5.92 Å². The number of rotatable bonds is 0. The van der Waals surface area contributed by atoms with Gasteiger partial charge in [-0.05, 0) is 16.7 Å². The first-order valence-electron chi connectivity index (χ1n) is 6.53. The van der Waals surface area contributed by atoms with E-state index in [2.05, 4.69) is 66.0 Å². The van der Waals surface area contributed by atoms with Crippen molar-refractivity contribution in [3.8, 4) is 0 Å². The number of dihydropyridines is 1. The van der Waals surface area contributed by atoms with Gasteiger partial charge in [0.1, 0.15) is 0 Å². The molecule has 1 aliphatic heterocycles. The van der Waals surface area contributed by atoms with E-state index in [0.717, 1.165) is 6.54 Å². The Hall–Kier alpha value is -2.02. The van der Waals surface area contributed by atoms with Crippen LogP contribution in [0.2, 0.25) is 0 Å². The number of hydrogen-bond acceptors (Lipinski definition) is 1. The third kappa shape index (κ3) is 1.34. The molecule has 1 N–H and O–H groups in total. The Morgan fingerprint density at radius 3 is 2.89 bits per heavy atom. The molecule has 0 spiro atoms. The molecule has 1 aromatic carbocycles. The third-order valence-corrected chi connectivity index (χ3v) is 4.04. The van der Waals surface area contributed by atoms with Gasteiger partial charge >= 0.3 is 0 Å². The minimum atomic E-state index is 0.469. The maximum atomic E-state index is 3.57. The SMILES string of the molecule is C1=CC2=C(NC1)C1c3ccccc3C=CC1C=C2. The van der Waals surface area contributed by atoms with E-state index >= 15 is 0 Å². The van der Waals surface area contributed by atoms with Crippen molar-refractivity contribution in [1.82, 2.24) is 5.32 Å². The van der Waals surface area contributed by atoms with Gasteiger partial charge in [-0.1, -0.05) is 60.7 Å². The largest absolute Gasteiger partial charge is 0.384 e. The van der Waals surface area contributed by atoms with Gasteiger partial charge < -0.3 is 5.32 Å². The lowest BCUT2D eigenvalue weighted by atomic mass is 9.73. The summed E-state index contributed by atoms with van der Waals surface area (Å²) in [4.78, 5) is 0. The van der Waals surface area contributed by atoms with Crippen LogP contribution >= 0.6 is 0 Å². The minimum Gasteiger partial charge on any atom is -0.384 e. The Balaban J connectivity index is 1.91. The first-order valence-corrected chi connectivity index (χ1v) is 6.53. The van der Waals surface area contributed by atoms with Gasteiger partial charge in [0.15, 0.2) is 0 Å². The highest BCUT2D eigenvalue weighted by atomic mass is 14.9. The van der Waals surface area contributed by atoms with E-state index in [1.807, 2.05) is 0 Å². The van der Waals surface area contributed by atoms with E-state index in [4.69, 9.17) is 0 Å². The number of nitrogens with one attached hydrogen (secondary N) is 1. The summed E-state index contributed by atoms with van der Waals surface area (Å²) in [6.07, 6.45) is 13.6. The fraction of sp³-hybridized carbons (Fsp3) is 0.176. The highest BCUT2D eigenvalue weighted by Crippen LogP contribution is 2.43. The number of allylic oxidation sites excluding steroid dienone is 6. The summed E-state index contributed by atoms with van der Waals surface area (Å²) in [5, 5.41) is 3.57. The summed E-state index contributed by atoms with van der Waals surface area (Å²) < 4.78 is 0. The standard InChI is InChI=1S/C17H15N/c1-2-6-15-12(4-1)7-8-13-9-10-14-5-3-11-18-17(14)16(13)15/h1-10,13,16,18H,11H2. The average Bonchev–Trinajstić information content (AvgIpc) is 2.46. The average molecular weight is 233 g/mol. The predicted octanol–water partition coefficient (Wildman–Crippen LogP) is 3.40. The molecule has 1 aromatic rings. The van der Waals surface area contributed by atoms with Crippen molar-refractivity contribution in [1.29, 1.82) is 0 Å². The molecule has 18 heavy (non-hydrogen) atoms. The van der Waals surface area contributed by atoms with Crippen LogP contribution in [0.15, 0.2) is 65.9 Å². The zero-order valence-electron chi connectivity index (χ0n) is 10.1. The molecule has 1 heterocycles. The first-order chi connectivity index (χ1) is 8.93. The molecule has 0 saturated heterocycles. The fourth-order valence-corrected chi connectivity index (χ4v) is 3.20. The molecular weight excluding hydrogens is 218 g/mol. The summed E-state index contributed by atoms with van der Waals surface area (Å²) in [5.41, 5.74) is 5.54. The maximum absolute atomic E-state index is 3.57. The summed E-state index contributed by atoms with van der Waals surface area (Å²) in [7, 11) is 0. The summed E-state index contributed by atoms with van der Waals surface area (Å²) >= 11 is 0. The van der Waals surface area contributed by atoms with Crippen LogP contribution in [0.4, 0.5) is 0 Å². The number of hydrogen-bond donors (Lipinski definition) is 1. The van der Waals surface area contributed by atoms with Gasteiger partial charge in [0.25, 0.3) is 0 Å². The second-order valence-corrected chi connectivity index (χ2v) is 5.05. The lowest BCUT2D eigenvalue weighted by molar-refractivity contribution is 0.600. The predicted molar refractivity (Wildman–Crippen MR) is 75.0 cm³/mol. The second-order valence-electron chi connectivity index (χ2n) is 5.05. The highest BCUT2D eigenvalue weighted by molar-refractivity contribution is 5.63. The van der Waals surface area contributed by atoms with Crippen molar-refractivity contribution in [2.75, 3.05) is 6.54 Å². The molecule has 88 valence electrons. The van der Waals surface area contributed by atoms with Crippen LogP contribution in [0.25, 0.3) is 6.08 Å². The van der Waals surface area contributed by atoms with Gasteiger partial charge in [-0.3, -0.25) is 0 Å². The molecule has 0 saturated carbocycles. The van der Waals surface area contributed by atoms with E-state index < -0.39 is 0 Å². The van der Waals surface area contributed by atoms with E-state index in [9.17, 15) is 0 Å². The molecule has 2 aliphatic carbocycles. The maximum Gasteiger partial charge on any atom is 0.0347 e. The molecule has 1 heteroatoms. The Morgan fingerprint density at radius 2 is 1.89 bits per heavy atom. The second kappa shape index (κ2) is 3.74. The topological polar surface area (TPSA) is 12.0 Å². The molecule has 0 bridgehead atoms. The van der Waals surface area contributed by atoms with Gasteiger partial charge in [-0.25, -0.2) is 0 Å².